The minimum absolute atomic E-state index is 0.215. The van der Waals surface area contributed by atoms with Crippen LogP contribution in [0.25, 0.3) is 76.9 Å². The van der Waals surface area contributed by atoms with Crippen LogP contribution in [-0.4, -0.2) is 0 Å². The van der Waals surface area contributed by atoms with E-state index in [0.29, 0.717) is 0 Å². The Morgan fingerprint density at radius 3 is 1.89 bits per heavy atom. The first kappa shape index (κ1) is 31.6. The van der Waals surface area contributed by atoms with Gasteiger partial charge in [-0.05, 0) is 109 Å². The zero-order valence-electron chi connectivity index (χ0n) is 30.8. The third kappa shape index (κ3) is 4.88. The third-order valence-corrected chi connectivity index (χ3v) is 11.8. The van der Waals surface area contributed by atoms with Crippen molar-refractivity contribution in [2.24, 2.45) is 0 Å². The van der Waals surface area contributed by atoms with Gasteiger partial charge in [0.05, 0.1) is 11.4 Å². The second-order valence-corrected chi connectivity index (χ2v) is 15.3. The number of hydrogen-bond acceptors (Lipinski definition) is 2. The number of hydrogen-bond donors (Lipinski definition) is 0. The summed E-state index contributed by atoms with van der Waals surface area (Å²) < 4.78 is 6.60. The first-order valence-corrected chi connectivity index (χ1v) is 19.1. The van der Waals surface area contributed by atoms with Gasteiger partial charge in [-0.3, -0.25) is 0 Å². The van der Waals surface area contributed by atoms with Gasteiger partial charge in [0.15, 0.2) is 0 Å². The van der Waals surface area contributed by atoms with Crippen molar-refractivity contribution in [2.45, 2.75) is 19.3 Å². The molecule has 1 aliphatic carbocycles. The highest BCUT2D eigenvalue weighted by molar-refractivity contribution is 6.16. The van der Waals surface area contributed by atoms with Crippen molar-refractivity contribution in [3.05, 3.63) is 199 Å². The number of furan rings is 1. The smallest absolute Gasteiger partial charge is 0.136 e. The van der Waals surface area contributed by atoms with E-state index in [1.807, 2.05) is 0 Å². The lowest BCUT2D eigenvalue weighted by atomic mass is 9.81. The Morgan fingerprint density at radius 1 is 0.418 bits per heavy atom. The second kappa shape index (κ2) is 12.1. The molecule has 0 spiro atoms. The second-order valence-electron chi connectivity index (χ2n) is 15.3. The standard InChI is InChI=1S/C53H37NO/c1-53(2)46-24-9-7-20-41(46)44-23-12-26-48(52(44)53)54(40-19-11-18-36(31-40)39-29-28-34-14-3-4-15-35(34)30-39)47-25-10-8-21-42(47)43-22-13-27-49-51(43)45-32-37-16-5-6-17-38(37)33-50(45)55-49/h3-33H,1-2H3. The van der Waals surface area contributed by atoms with Crippen LogP contribution < -0.4 is 4.90 Å². The van der Waals surface area contributed by atoms with Gasteiger partial charge in [0.2, 0.25) is 0 Å². The van der Waals surface area contributed by atoms with Crippen LogP contribution in [0.15, 0.2) is 192 Å². The molecule has 55 heavy (non-hydrogen) atoms. The number of para-hydroxylation sites is 1. The van der Waals surface area contributed by atoms with Crippen molar-refractivity contribution in [2.75, 3.05) is 4.90 Å². The molecule has 0 radical (unpaired) electrons. The van der Waals surface area contributed by atoms with Gasteiger partial charge in [-0.1, -0.05) is 153 Å². The Morgan fingerprint density at radius 2 is 1.04 bits per heavy atom. The average Bonchev–Trinajstić information content (AvgIpc) is 3.71. The van der Waals surface area contributed by atoms with Crippen LogP contribution in [0, 0.1) is 0 Å². The van der Waals surface area contributed by atoms with Crippen molar-refractivity contribution in [1.29, 1.82) is 0 Å². The average molecular weight is 704 g/mol. The van der Waals surface area contributed by atoms with E-state index in [2.05, 4.69) is 207 Å². The fourth-order valence-corrected chi connectivity index (χ4v) is 9.24. The highest BCUT2D eigenvalue weighted by atomic mass is 16.3. The number of fused-ring (bicyclic) bond motifs is 8. The minimum atomic E-state index is -0.215. The lowest BCUT2D eigenvalue weighted by Gasteiger charge is -2.33. The lowest BCUT2D eigenvalue weighted by Crippen LogP contribution is -2.21. The molecule has 0 atom stereocenters. The molecule has 260 valence electrons. The molecular weight excluding hydrogens is 667 g/mol. The van der Waals surface area contributed by atoms with Gasteiger partial charge in [0, 0.05) is 27.4 Å². The summed E-state index contributed by atoms with van der Waals surface area (Å²) >= 11 is 0. The van der Waals surface area contributed by atoms with E-state index in [-0.39, 0.29) is 5.41 Å². The molecule has 2 nitrogen and oxygen atoms in total. The van der Waals surface area contributed by atoms with Gasteiger partial charge in [0.25, 0.3) is 0 Å². The molecule has 0 saturated heterocycles. The van der Waals surface area contributed by atoms with Crippen LogP contribution in [0.4, 0.5) is 17.1 Å². The molecule has 1 aliphatic rings. The molecule has 1 heterocycles. The Kier molecular flexibility index (Phi) is 6.93. The molecule has 0 saturated carbocycles. The van der Waals surface area contributed by atoms with Gasteiger partial charge in [-0.2, -0.15) is 0 Å². The summed E-state index contributed by atoms with van der Waals surface area (Å²) in [4.78, 5) is 2.50. The summed E-state index contributed by atoms with van der Waals surface area (Å²) in [5.41, 5.74) is 14.9. The Hall–Kier alpha value is -6.90. The van der Waals surface area contributed by atoms with Gasteiger partial charge >= 0.3 is 0 Å². The predicted octanol–water partition coefficient (Wildman–Crippen LogP) is 15.0. The van der Waals surface area contributed by atoms with Gasteiger partial charge in [-0.15, -0.1) is 0 Å². The quantitative estimate of drug-likeness (QED) is 0.177. The van der Waals surface area contributed by atoms with E-state index >= 15 is 0 Å². The van der Waals surface area contributed by atoms with E-state index in [1.165, 1.54) is 60.6 Å². The van der Waals surface area contributed by atoms with Crippen molar-refractivity contribution < 1.29 is 4.42 Å². The van der Waals surface area contributed by atoms with Crippen molar-refractivity contribution in [1.82, 2.24) is 0 Å². The molecule has 0 amide bonds. The van der Waals surface area contributed by atoms with Gasteiger partial charge in [-0.25, -0.2) is 0 Å². The molecule has 2 heteroatoms. The summed E-state index contributed by atoms with van der Waals surface area (Å²) in [6.07, 6.45) is 0. The van der Waals surface area contributed by atoms with Gasteiger partial charge < -0.3 is 9.32 Å². The largest absolute Gasteiger partial charge is 0.456 e. The minimum Gasteiger partial charge on any atom is -0.456 e. The molecule has 0 fully saturated rings. The van der Waals surface area contributed by atoms with Crippen molar-refractivity contribution in [3.63, 3.8) is 0 Å². The number of benzene rings is 9. The van der Waals surface area contributed by atoms with E-state index in [9.17, 15) is 0 Å². The van der Waals surface area contributed by atoms with E-state index in [0.717, 1.165) is 44.4 Å². The fourth-order valence-electron chi connectivity index (χ4n) is 9.24. The first-order chi connectivity index (χ1) is 27.0. The van der Waals surface area contributed by atoms with Gasteiger partial charge in [0.1, 0.15) is 11.2 Å². The number of nitrogens with zero attached hydrogens (tertiary/aromatic N) is 1. The predicted molar refractivity (Wildman–Crippen MR) is 232 cm³/mol. The van der Waals surface area contributed by atoms with Crippen LogP contribution in [-0.2, 0) is 5.41 Å². The highest BCUT2D eigenvalue weighted by Gasteiger charge is 2.39. The topological polar surface area (TPSA) is 16.4 Å². The molecule has 10 aromatic rings. The Bertz CT molecular complexity index is 3150. The SMILES string of the molecule is CC1(C)c2ccccc2-c2cccc(N(c3cccc(-c4ccc5ccccc5c4)c3)c3ccccc3-c3cccc4oc5cc6ccccc6cc5c34)c21. The molecular formula is C53H37NO. The molecule has 0 bridgehead atoms. The van der Waals surface area contributed by atoms with Crippen LogP contribution in [0.5, 0.6) is 0 Å². The Balaban J connectivity index is 1.18. The molecule has 0 aliphatic heterocycles. The summed E-state index contributed by atoms with van der Waals surface area (Å²) in [5.74, 6) is 0. The number of anilines is 3. The lowest BCUT2D eigenvalue weighted by molar-refractivity contribution is 0.661. The summed E-state index contributed by atoms with van der Waals surface area (Å²) in [5, 5.41) is 7.12. The zero-order valence-corrected chi connectivity index (χ0v) is 30.8. The summed E-state index contributed by atoms with van der Waals surface area (Å²) in [7, 11) is 0. The maximum absolute atomic E-state index is 6.60. The highest BCUT2D eigenvalue weighted by Crippen LogP contribution is 2.55. The van der Waals surface area contributed by atoms with E-state index in [1.54, 1.807) is 0 Å². The van der Waals surface area contributed by atoms with Crippen LogP contribution in [0.2, 0.25) is 0 Å². The maximum atomic E-state index is 6.60. The molecule has 0 unspecified atom stereocenters. The monoisotopic (exact) mass is 703 g/mol. The van der Waals surface area contributed by atoms with Crippen LogP contribution in [0.3, 0.4) is 0 Å². The van der Waals surface area contributed by atoms with Crippen molar-refractivity contribution in [3.8, 4) is 33.4 Å². The number of rotatable bonds is 5. The fraction of sp³-hybridized carbons (Fsp3) is 0.0566. The molecule has 1 aromatic heterocycles. The molecule has 11 rings (SSSR count). The van der Waals surface area contributed by atoms with Crippen LogP contribution >= 0.6 is 0 Å². The summed E-state index contributed by atoms with van der Waals surface area (Å²) in [6.45, 7) is 4.75. The third-order valence-electron chi connectivity index (χ3n) is 11.8. The van der Waals surface area contributed by atoms with Crippen molar-refractivity contribution >= 4 is 60.5 Å². The molecule has 0 N–H and O–H groups in total. The van der Waals surface area contributed by atoms with E-state index < -0.39 is 0 Å². The zero-order chi connectivity index (χ0) is 36.7. The first-order valence-electron chi connectivity index (χ1n) is 19.1. The normalized spacial score (nSPS) is 13.1. The van der Waals surface area contributed by atoms with E-state index in [4.69, 9.17) is 4.42 Å². The summed E-state index contributed by atoms with van der Waals surface area (Å²) in [6, 6.07) is 68.5. The maximum Gasteiger partial charge on any atom is 0.136 e. The molecule has 9 aromatic carbocycles. The Labute approximate surface area is 320 Å². The van der Waals surface area contributed by atoms with Crippen LogP contribution in [0.1, 0.15) is 25.0 Å².